The molecule has 3 aromatic rings. The second-order valence-electron chi connectivity index (χ2n) is 3.64. The average Bonchev–Trinajstić information content (AvgIpc) is 3.03. The minimum Gasteiger partial charge on any atom is -0.480 e. The smallest absolute Gasteiger partial charge is 0.246 e. The molecule has 0 saturated heterocycles. The summed E-state index contributed by atoms with van der Waals surface area (Å²) in [7, 11) is 0. The van der Waals surface area contributed by atoms with Crippen molar-refractivity contribution in [3.05, 3.63) is 48.0 Å². The number of para-hydroxylation sites is 1. The van der Waals surface area contributed by atoms with Crippen LogP contribution < -0.4 is 4.74 Å². The molecule has 1 aromatic carbocycles. The largest absolute Gasteiger partial charge is 0.480 e. The molecule has 88 valence electrons. The zero-order chi connectivity index (χ0) is 12.4. The summed E-state index contributed by atoms with van der Waals surface area (Å²) in [5.74, 6) is 1.18. The van der Waals surface area contributed by atoms with Crippen LogP contribution in [0.3, 0.4) is 0 Å². The SMILES string of the molecule is N#Cc1oc2ccccc2c1OCc1ccno1. The van der Waals surface area contributed by atoms with Crippen LogP contribution in [0.15, 0.2) is 45.5 Å². The predicted octanol–water partition coefficient (Wildman–Crippen LogP) is 2.87. The van der Waals surface area contributed by atoms with Gasteiger partial charge in [0.15, 0.2) is 11.5 Å². The van der Waals surface area contributed by atoms with Gasteiger partial charge in [-0.05, 0) is 12.1 Å². The first-order chi connectivity index (χ1) is 8.88. The lowest BCUT2D eigenvalue weighted by Crippen LogP contribution is -1.94. The number of hydrogen-bond donors (Lipinski definition) is 0. The Kier molecular flexibility index (Phi) is 2.47. The van der Waals surface area contributed by atoms with Crippen LogP contribution in [0.4, 0.5) is 0 Å². The number of nitrogens with zero attached hydrogens (tertiary/aromatic N) is 2. The Labute approximate surface area is 102 Å². The molecule has 0 radical (unpaired) electrons. The third-order valence-corrected chi connectivity index (χ3v) is 2.50. The molecule has 5 nitrogen and oxygen atoms in total. The number of fused-ring (bicyclic) bond motifs is 1. The van der Waals surface area contributed by atoms with Gasteiger partial charge < -0.3 is 13.7 Å². The highest BCUT2D eigenvalue weighted by Crippen LogP contribution is 2.32. The Morgan fingerprint density at radius 2 is 2.17 bits per heavy atom. The molecule has 0 N–H and O–H groups in total. The molecule has 0 unspecified atom stereocenters. The van der Waals surface area contributed by atoms with Crippen molar-refractivity contribution in [1.82, 2.24) is 5.16 Å². The first-order valence-electron chi connectivity index (χ1n) is 5.32. The van der Waals surface area contributed by atoms with E-state index in [-0.39, 0.29) is 12.4 Å². The first kappa shape index (κ1) is 10.4. The van der Waals surface area contributed by atoms with Crippen LogP contribution in [-0.4, -0.2) is 5.16 Å². The highest BCUT2D eigenvalue weighted by atomic mass is 16.5. The predicted molar refractivity (Wildman–Crippen MR) is 61.8 cm³/mol. The minimum absolute atomic E-state index is 0.163. The summed E-state index contributed by atoms with van der Waals surface area (Å²) >= 11 is 0. The zero-order valence-electron chi connectivity index (χ0n) is 9.29. The number of rotatable bonds is 3. The van der Waals surface area contributed by atoms with Crippen LogP contribution in [-0.2, 0) is 6.61 Å². The summed E-state index contributed by atoms with van der Waals surface area (Å²) in [5.41, 5.74) is 0.626. The molecule has 3 rings (SSSR count). The quantitative estimate of drug-likeness (QED) is 0.703. The van der Waals surface area contributed by atoms with E-state index in [9.17, 15) is 0 Å². The van der Waals surface area contributed by atoms with E-state index in [4.69, 9.17) is 18.9 Å². The topological polar surface area (TPSA) is 72.2 Å². The molecule has 18 heavy (non-hydrogen) atoms. The van der Waals surface area contributed by atoms with Crippen LogP contribution in [0.5, 0.6) is 5.75 Å². The first-order valence-corrected chi connectivity index (χ1v) is 5.32. The molecule has 0 aliphatic rings. The average molecular weight is 240 g/mol. The molecule has 0 amide bonds. The minimum atomic E-state index is 0.163. The maximum absolute atomic E-state index is 9.02. The van der Waals surface area contributed by atoms with Gasteiger partial charge in [-0.3, -0.25) is 0 Å². The van der Waals surface area contributed by atoms with Gasteiger partial charge in [-0.2, -0.15) is 5.26 Å². The van der Waals surface area contributed by atoms with Gasteiger partial charge in [0.2, 0.25) is 5.76 Å². The molecule has 0 bridgehead atoms. The number of furan rings is 1. The Bertz CT molecular complexity index is 707. The van der Waals surface area contributed by atoms with Crippen LogP contribution in [0.2, 0.25) is 0 Å². The fraction of sp³-hybridized carbons (Fsp3) is 0.0769. The van der Waals surface area contributed by atoms with E-state index < -0.39 is 0 Å². The number of nitriles is 1. The number of ether oxygens (including phenoxy) is 1. The molecule has 0 aliphatic carbocycles. The summed E-state index contributed by atoms with van der Waals surface area (Å²) in [6.45, 7) is 0.207. The molecule has 0 aliphatic heterocycles. The van der Waals surface area contributed by atoms with Crippen molar-refractivity contribution < 1.29 is 13.7 Å². The second kappa shape index (κ2) is 4.26. The summed E-state index contributed by atoms with van der Waals surface area (Å²) in [4.78, 5) is 0. The maximum Gasteiger partial charge on any atom is 0.246 e. The van der Waals surface area contributed by atoms with E-state index in [0.717, 1.165) is 5.39 Å². The summed E-state index contributed by atoms with van der Waals surface area (Å²) in [6, 6.07) is 11.0. The zero-order valence-corrected chi connectivity index (χ0v) is 9.29. The Balaban J connectivity index is 1.97. The van der Waals surface area contributed by atoms with Crippen molar-refractivity contribution in [2.45, 2.75) is 6.61 Å². The van der Waals surface area contributed by atoms with Crippen molar-refractivity contribution in [3.8, 4) is 11.8 Å². The Morgan fingerprint density at radius 1 is 1.28 bits per heavy atom. The van der Waals surface area contributed by atoms with Gasteiger partial charge in [0.1, 0.15) is 18.3 Å². The maximum atomic E-state index is 9.02. The van der Waals surface area contributed by atoms with Crippen LogP contribution in [0.25, 0.3) is 11.0 Å². The fourth-order valence-corrected chi connectivity index (χ4v) is 1.70. The lowest BCUT2D eigenvalue weighted by atomic mass is 10.2. The number of benzene rings is 1. The van der Waals surface area contributed by atoms with Crippen molar-refractivity contribution in [2.75, 3.05) is 0 Å². The standard InChI is InChI=1S/C13H8N2O3/c14-7-12-13(16-8-9-5-6-15-18-9)10-3-1-2-4-11(10)17-12/h1-6H,8H2. The van der Waals surface area contributed by atoms with Crippen molar-refractivity contribution in [3.63, 3.8) is 0 Å². The highest BCUT2D eigenvalue weighted by molar-refractivity contribution is 5.86. The Morgan fingerprint density at radius 3 is 2.94 bits per heavy atom. The van der Waals surface area contributed by atoms with Gasteiger partial charge in [0, 0.05) is 6.07 Å². The normalized spacial score (nSPS) is 10.4. The van der Waals surface area contributed by atoms with Crippen LogP contribution in [0.1, 0.15) is 11.5 Å². The molecule has 0 atom stereocenters. The van der Waals surface area contributed by atoms with E-state index in [2.05, 4.69) is 5.16 Å². The number of aromatic nitrogens is 1. The molecular formula is C13H8N2O3. The van der Waals surface area contributed by atoms with Gasteiger partial charge in [0.25, 0.3) is 0 Å². The molecule has 0 saturated carbocycles. The van der Waals surface area contributed by atoms with Crippen LogP contribution in [0, 0.1) is 11.3 Å². The molecule has 2 heterocycles. The monoisotopic (exact) mass is 240 g/mol. The molecule has 5 heteroatoms. The molecule has 0 spiro atoms. The fourth-order valence-electron chi connectivity index (χ4n) is 1.70. The highest BCUT2D eigenvalue weighted by Gasteiger charge is 2.15. The van der Waals surface area contributed by atoms with Crippen molar-refractivity contribution in [1.29, 1.82) is 5.26 Å². The van der Waals surface area contributed by atoms with E-state index in [1.54, 1.807) is 12.1 Å². The third kappa shape index (κ3) is 1.70. The molecule has 2 aromatic heterocycles. The molecule has 0 fully saturated rings. The van der Waals surface area contributed by atoms with Gasteiger partial charge in [-0.25, -0.2) is 0 Å². The van der Waals surface area contributed by atoms with Gasteiger partial charge in [0.05, 0.1) is 11.6 Å². The van der Waals surface area contributed by atoms with Crippen molar-refractivity contribution >= 4 is 11.0 Å². The Hall–Kier alpha value is -2.74. The number of hydrogen-bond acceptors (Lipinski definition) is 5. The van der Waals surface area contributed by atoms with E-state index in [0.29, 0.717) is 17.1 Å². The summed E-state index contributed by atoms with van der Waals surface area (Å²) in [5, 5.41) is 13.4. The van der Waals surface area contributed by atoms with Gasteiger partial charge in [-0.1, -0.05) is 17.3 Å². The van der Waals surface area contributed by atoms with Gasteiger partial charge >= 0.3 is 0 Å². The van der Waals surface area contributed by atoms with E-state index in [1.165, 1.54) is 6.20 Å². The van der Waals surface area contributed by atoms with E-state index in [1.807, 2.05) is 24.3 Å². The lowest BCUT2D eigenvalue weighted by Gasteiger charge is -2.00. The summed E-state index contributed by atoms with van der Waals surface area (Å²) in [6.07, 6.45) is 1.54. The summed E-state index contributed by atoms with van der Waals surface area (Å²) < 4.78 is 15.9. The van der Waals surface area contributed by atoms with Crippen LogP contribution >= 0.6 is 0 Å². The molecular weight excluding hydrogens is 232 g/mol. The lowest BCUT2D eigenvalue weighted by molar-refractivity contribution is 0.248. The van der Waals surface area contributed by atoms with E-state index >= 15 is 0 Å². The second-order valence-corrected chi connectivity index (χ2v) is 3.64. The van der Waals surface area contributed by atoms with Crippen molar-refractivity contribution in [2.24, 2.45) is 0 Å². The third-order valence-electron chi connectivity index (χ3n) is 2.50. The van der Waals surface area contributed by atoms with Gasteiger partial charge in [-0.15, -0.1) is 0 Å².